The number of hydrogen-bond acceptors (Lipinski definition) is 2. The van der Waals surface area contributed by atoms with Crippen molar-refractivity contribution in [2.75, 3.05) is 6.54 Å². The van der Waals surface area contributed by atoms with Gasteiger partial charge in [-0.1, -0.05) is 36.4 Å². The summed E-state index contributed by atoms with van der Waals surface area (Å²) in [6.45, 7) is 0.797. The van der Waals surface area contributed by atoms with Gasteiger partial charge in [-0.25, -0.2) is 4.39 Å². The first-order valence-corrected chi connectivity index (χ1v) is 9.04. The predicted molar refractivity (Wildman–Crippen MR) is 95.6 cm³/mol. The Morgan fingerprint density at radius 3 is 2.69 bits per heavy atom. The number of amides is 2. The molecule has 1 fully saturated rings. The first-order chi connectivity index (χ1) is 12.6. The lowest BCUT2D eigenvalue weighted by molar-refractivity contribution is -0.142. The van der Waals surface area contributed by atoms with Gasteiger partial charge in [-0.2, -0.15) is 0 Å². The predicted octanol–water partition coefficient (Wildman–Crippen LogP) is 2.98. The molecule has 4 nitrogen and oxygen atoms in total. The van der Waals surface area contributed by atoms with Crippen LogP contribution in [-0.4, -0.2) is 23.3 Å². The second-order valence-corrected chi connectivity index (χ2v) is 7.00. The maximum absolute atomic E-state index is 13.3. The van der Waals surface area contributed by atoms with Crippen LogP contribution in [-0.2, 0) is 22.6 Å². The Kier molecular flexibility index (Phi) is 4.45. The first kappa shape index (κ1) is 16.8. The van der Waals surface area contributed by atoms with Crippen LogP contribution in [0.15, 0.2) is 48.5 Å². The van der Waals surface area contributed by atoms with Crippen molar-refractivity contribution in [2.45, 2.75) is 31.8 Å². The Balaban J connectivity index is 1.57. The minimum atomic E-state index is -0.610. The summed E-state index contributed by atoms with van der Waals surface area (Å²) in [5, 5.41) is 2.88. The number of rotatable bonds is 4. The van der Waals surface area contributed by atoms with Crippen LogP contribution in [0.2, 0.25) is 0 Å². The molecule has 1 N–H and O–H groups in total. The van der Waals surface area contributed by atoms with E-state index in [1.165, 1.54) is 12.1 Å². The van der Waals surface area contributed by atoms with Crippen molar-refractivity contribution in [3.63, 3.8) is 0 Å². The number of halogens is 1. The average molecular weight is 352 g/mol. The Hall–Kier alpha value is -2.69. The number of benzene rings is 2. The highest BCUT2D eigenvalue weighted by Crippen LogP contribution is 2.37. The summed E-state index contributed by atoms with van der Waals surface area (Å²) in [5.74, 6) is -0.398. The molecule has 1 aliphatic carbocycles. The van der Waals surface area contributed by atoms with E-state index in [-0.39, 0.29) is 30.1 Å². The highest BCUT2D eigenvalue weighted by Gasteiger charge is 2.41. The summed E-state index contributed by atoms with van der Waals surface area (Å²) in [4.78, 5) is 27.4. The fourth-order valence-electron chi connectivity index (χ4n) is 3.58. The van der Waals surface area contributed by atoms with Crippen molar-refractivity contribution in [1.29, 1.82) is 0 Å². The minimum Gasteiger partial charge on any atom is -0.350 e. The zero-order valence-corrected chi connectivity index (χ0v) is 14.5. The molecule has 0 unspecified atom stereocenters. The van der Waals surface area contributed by atoms with Crippen molar-refractivity contribution in [2.24, 2.45) is 5.92 Å². The van der Waals surface area contributed by atoms with Crippen LogP contribution in [0.1, 0.15) is 35.6 Å². The summed E-state index contributed by atoms with van der Waals surface area (Å²) < 4.78 is 13.3. The minimum absolute atomic E-state index is 0.0683. The van der Waals surface area contributed by atoms with Crippen LogP contribution < -0.4 is 5.32 Å². The number of carbonyl (C=O) groups is 2. The van der Waals surface area contributed by atoms with Crippen LogP contribution in [0.4, 0.5) is 4.39 Å². The molecule has 2 aromatic rings. The lowest BCUT2D eigenvalue weighted by Crippen LogP contribution is -2.47. The van der Waals surface area contributed by atoms with E-state index in [0.717, 1.165) is 30.4 Å². The third-order valence-corrected chi connectivity index (χ3v) is 5.10. The normalized spacial score (nSPS) is 19.0. The smallest absolute Gasteiger partial charge is 0.247 e. The fraction of sp³-hybridized carbons (Fsp3) is 0.333. The van der Waals surface area contributed by atoms with Crippen LogP contribution in [0.3, 0.4) is 0 Å². The van der Waals surface area contributed by atoms with Gasteiger partial charge in [-0.15, -0.1) is 0 Å². The van der Waals surface area contributed by atoms with Crippen LogP contribution in [0.25, 0.3) is 0 Å². The highest BCUT2D eigenvalue weighted by atomic mass is 19.1. The fourth-order valence-corrected chi connectivity index (χ4v) is 3.58. The number of nitrogens with zero attached hydrogens (tertiary/aromatic N) is 1. The van der Waals surface area contributed by atoms with Crippen molar-refractivity contribution in [3.05, 3.63) is 71.0 Å². The summed E-state index contributed by atoms with van der Waals surface area (Å²) in [7, 11) is 0. The average Bonchev–Trinajstić information content (AvgIpc) is 3.50. The van der Waals surface area contributed by atoms with E-state index in [4.69, 9.17) is 0 Å². The SMILES string of the molecule is O=C(NCc1cccc(F)c1)[C@H]1c2ccccc2CCN1C(=O)C1CC1. The third kappa shape index (κ3) is 3.34. The van der Waals surface area contributed by atoms with Crippen molar-refractivity contribution >= 4 is 11.8 Å². The molecule has 26 heavy (non-hydrogen) atoms. The molecule has 134 valence electrons. The molecule has 2 aromatic carbocycles. The molecule has 2 aliphatic rings. The molecule has 4 rings (SSSR count). The number of carbonyl (C=O) groups excluding carboxylic acids is 2. The zero-order valence-electron chi connectivity index (χ0n) is 14.5. The maximum Gasteiger partial charge on any atom is 0.247 e. The van der Waals surface area contributed by atoms with Crippen molar-refractivity contribution < 1.29 is 14.0 Å². The standard InChI is InChI=1S/C21H21FN2O2/c22-17-6-3-4-14(12-17)13-23-20(25)19-18-7-2-1-5-15(18)10-11-24(19)21(26)16-8-9-16/h1-7,12,16,19H,8-11,13H2,(H,23,25)/t19-/m1/s1. The van der Waals surface area contributed by atoms with E-state index in [2.05, 4.69) is 5.32 Å². The number of fused-ring (bicyclic) bond motifs is 1. The molecule has 0 radical (unpaired) electrons. The summed E-state index contributed by atoms with van der Waals surface area (Å²) >= 11 is 0. The van der Waals surface area contributed by atoms with Gasteiger partial charge in [0.25, 0.3) is 0 Å². The number of hydrogen-bond donors (Lipinski definition) is 1. The first-order valence-electron chi connectivity index (χ1n) is 9.04. The van der Waals surface area contributed by atoms with Gasteiger partial charge in [-0.05, 0) is 48.1 Å². The van der Waals surface area contributed by atoms with Crippen molar-refractivity contribution in [1.82, 2.24) is 10.2 Å². The van der Waals surface area contributed by atoms with Gasteiger partial charge in [0.2, 0.25) is 11.8 Å². The van der Waals surface area contributed by atoms with E-state index in [1.54, 1.807) is 17.0 Å². The van der Waals surface area contributed by atoms with E-state index in [9.17, 15) is 14.0 Å². The topological polar surface area (TPSA) is 49.4 Å². The number of nitrogens with one attached hydrogen (secondary N) is 1. The van der Waals surface area contributed by atoms with E-state index >= 15 is 0 Å². The molecule has 0 bridgehead atoms. The van der Waals surface area contributed by atoms with Crippen molar-refractivity contribution in [3.8, 4) is 0 Å². The second-order valence-electron chi connectivity index (χ2n) is 7.00. The van der Waals surface area contributed by atoms with Gasteiger partial charge < -0.3 is 10.2 Å². The molecular weight excluding hydrogens is 331 g/mol. The summed E-state index contributed by atoms with van der Waals surface area (Å²) in [5.41, 5.74) is 2.70. The summed E-state index contributed by atoms with van der Waals surface area (Å²) in [6.07, 6.45) is 2.59. The van der Waals surface area contributed by atoms with Crippen LogP contribution in [0.5, 0.6) is 0 Å². The van der Waals surface area contributed by atoms with Gasteiger partial charge in [0.1, 0.15) is 11.9 Å². The Morgan fingerprint density at radius 1 is 1.12 bits per heavy atom. The van der Waals surface area contributed by atoms with Crippen LogP contribution >= 0.6 is 0 Å². The largest absolute Gasteiger partial charge is 0.350 e. The van der Waals surface area contributed by atoms with E-state index in [1.807, 2.05) is 24.3 Å². The second kappa shape index (κ2) is 6.90. The molecule has 2 amide bonds. The Morgan fingerprint density at radius 2 is 1.92 bits per heavy atom. The molecular formula is C21H21FN2O2. The monoisotopic (exact) mass is 352 g/mol. The zero-order chi connectivity index (χ0) is 18.1. The lowest BCUT2D eigenvalue weighted by atomic mass is 9.91. The highest BCUT2D eigenvalue weighted by molar-refractivity contribution is 5.91. The molecule has 0 spiro atoms. The van der Waals surface area contributed by atoms with Gasteiger partial charge in [0.15, 0.2) is 0 Å². The Labute approximate surface area is 152 Å². The molecule has 1 saturated carbocycles. The lowest BCUT2D eigenvalue weighted by Gasteiger charge is -2.36. The van der Waals surface area contributed by atoms with Gasteiger partial charge >= 0.3 is 0 Å². The maximum atomic E-state index is 13.3. The summed E-state index contributed by atoms with van der Waals surface area (Å²) in [6, 6.07) is 13.4. The molecule has 0 aromatic heterocycles. The van der Waals surface area contributed by atoms with E-state index in [0.29, 0.717) is 12.1 Å². The third-order valence-electron chi connectivity index (χ3n) is 5.10. The van der Waals surface area contributed by atoms with Gasteiger partial charge in [0.05, 0.1) is 0 Å². The van der Waals surface area contributed by atoms with Crippen LogP contribution in [0, 0.1) is 11.7 Å². The van der Waals surface area contributed by atoms with E-state index < -0.39 is 6.04 Å². The van der Waals surface area contributed by atoms with Gasteiger partial charge in [0, 0.05) is 19.0 Å². The molecule has 0 saturated heterocycles. The molecule has 1 heterocycles. The Bertz CT molecular complexity index is 847. The molecule has 1 atom stereocenters. The molecule has 1 aliphatic heterocycles. The quantitative estimate of drug-likeness (QED) is 0.920. The van der Waals surface area contributed by atoms with Gasteiger partial charge in [-0.3, -0.25) is 9.59 Å². The molecule has 5 heteroatoms.